The Kier molecular flexibility index (Phi) is 5.72. The van der Waals surface area contributed by atoms with Crippen molar-refractivity contribution in [1.29, 1.82) is 0 Å². The van der Waals surface area contributed by atoms with Gasteiger partial charge >= 0.3 is 0 Å². The van der Waals surface area contributed by atoms with Gasteiger partial charge in [0.25, 0.3) is 0 Å². The molecule has 128 valence electrons. The van der Waals surface area contributed by atoms with E-state index in [1.807, 2.05) is 0 Å². The predicted octanol–water partition coefficient (Wildman–Crippen LogP) is 3.69. The van der Waals surface area contributed by atoms with Gasteiger partial charge < -0.3 is 5.32 Å². The number of nitrogens with one attached hydrogen (secondary N) is 1. The van der Waals surface area contributed by atoms with Gasteiger partial charge in [-0.3, -0.25) is 9.59 Å². The van der Waals surface area contributed by atoms with Crippen molar-refractivity contribution in [3.05, 3.63) is 23.7 Å². The molecular weight excluding hydrogens is 302 g/mol. The van der Waals surface area contributed by atoms with E-state index in [0.717, 1.165) is 5.69 Å². The van der Waals surface area contributed by atoms with Crippen LogP contribution in [0.1, 0.15) is 69.2 Å². The molecule has 0 spiro atoms. The Morgan fingerprint density at radius 1 is 1.17 bits per heavy atom. The fourth-order valence-electron chi connectivity index (χ4n) is 3.50. The summed E-state index contributed by atoms with van der Waals surface area (Å²) in [6, 6.07) is 0. The fraction of sp³-hybridized carbons (Fsp3) is 0.579. The fourth-order valence-corrected chi connectivity index (χ4v) is 3.50. The number of hydrogen-bond acceptors (Lipinski definition) is 4. The Morgan fingerprint density at radius 3 is 2.71 bits per heavy atom. The molecule has 2 heterocycles. The summed E-state index contributed by atoms with van der Waals surface area (Å²) in [4.78, 5) is 32.3. The number of amides is 1. The number of nitrogens with zero attached hydrogens (tertiary/aromatic N) is 2. The SMILES string of the molecule is O=C(C=Cc1cnc2c(n1)CCC(=O)N2)CC1CCCCCCC1. The Labute approximate surface area is 143 Å². The van der Waals surface area contributed by atoms with Gasteiger partial charge in [0, 0.05) is 19.3 Å². The largest absolute Gasteiger partial charge is 0.309 e. The normalized spacial score (nSPS) is 19.4. The van der Waals surface area contributed by atoms with Crippen LogP contribution in [0.25, 0.3) is 6.08 Å². The van der Waals surface area contributed by atoms with E-state index in [4.69, 9.17) is 0 Å². The molecule has 1 aliphatic carbocycles. The molecule has 5 nitrogen and oxygen atoms in total. The smallest absolute Gasteiger partial charge is 0.225 e. The molecule has 1 saturated carbocycles. The number of anilines is 1. The predicted molar refractivity (Wildman–Crippen MR) is 93.4 cm³/mol. The zero-order valence-corrected chi connectivity index (χ0v) is 14.1. The summed E-state index contributed by atoms with van der Waals surface area (Å²) in [7, 11) is 0. The Hall–Kier alpha value is -2.04. The van der Waals surface area contributed by atoms with Crippen molar-refractivity contribution in [3.63, 3.8) is 0 Å². The van der Waals surface area contributed by atoms with E-state index in [1.165, 1.54) is 44.9 Å². The highest BCUT2D eigenvalue weighted by atomic mass is 16.1. The third kappa shape index (κ3) is 4.73. The first-order valence-electron chi connectivity index (χ1n) is 9.07. The standard InChI is InChI=1S/C19H25N3O2/c23-16(12-14-6-4-2-1-3-5-7-14)9-8-15-13-20-19-17(21-15)10-11-18(24)22-19/h8-9,13-14H,1-7,10-12H2,(H,20,22,24). The monoisotopic (exact) mass is 327 g/mol. The van der Waals surface area contributed by atoms with E-state index in [-0.39, 0.29) is 11.7 Å². The number of carbonyl (C=O) groups is 2. The van der Waals surface area contributed by atoms with Crippen LogP contribution in [-0.2, 0) is 16.0 Å². The van der Waals surface area contributed by atoms with Crippen molar-refractivity contribution in [2.45, 2.75) is 64.2 Å². The summed E-state index contributed by atoms with van der Waals surface area (Å²) in [5, 5.41) is 2.71. The summed E-state index contributed by atoms with van der Waals surface area (Å²) in [6.07, 6.45) is 15.5. The molecule has 0 saturated heterocycles. The summed E-state index contributed by atoms with van der Waals surface area (Å²) < 4.78 is 0. The highest BCUT2D eigenvalue weighted by Crippen LogP contribution is 2.25. The molecule has 1 aromatic rings. The van der Waals surface area contributed by atoms with Gasteiger partial charge in [0.15, 0.2) is 11.6 Å². The summed E-state index contributed by atoms with van der Waals surface area (Å²) >= 11 is 0. The lowest BCUT2D eigenvalue weighted by Gasteiger charge is -2.18. The third-order valence-corrected chi connectivity index (χ3v) is 4.86. The first-order chi connectivity index (χ1) is 11.7. The lowest BCUT2D eigenvalue weighted by Crippen LogP contribution is -2.21. The van der Waals surface area contributed by atoms with Gasteiger partial charge in [-0.05, 0) is 18.1 Å². The molecule has 3 rings (SSSR count). The maximum Gasteiger partial charge on any atom is 0.225 e. The number of rotatable bonds is 4. The molecule has 1 N–H and O–H groups in total. The average molecular weight is 327 g/mol. The first-order valence-corrected chi connectivity index (χ1v) is 9.07. The maximum absolute atomic E-state index is 12.2. The molecule has 2 aliphatic rings. The minimum atomic E-state index is -0.0190. The van der Waals surface area contributed by atoms with Crippen molar-refractivity contribution >= 4 is 23.6 Å². The molecule has 0 radical (unpaired) electrons. The van der Waals surface area contributed by atoms with E-state index in [2.05, 4.69) is 15.3 Å². The molecule has 0 atom stereocenters. The van der Waals surface area contributed by atoms with Gasteiger partial charge in [-0.2, -0.15) is 0 Å². The maximum atomic E-state index is 12.2. The lowest BCUT2D eigenvalue weighted by atomic mass is 9.87. The minimum Gasteiger partial charge on any atom is -0.309 e. The van der Waals surface area contributed by atoms with Gasteiger partial charge in [0.05, 0.1) is 17.6 Å². The van der Waals surface area contributed by atoms with E-state index in [1.54, 1.807) is 18.3 Å². The van der Waals surface area contributed by atoms with Crippen LogP contribution >= 0.6 is 0 Å². The number of aryl methyl sites for hydroxylation is 1. The van der Waals surface area contributed by atoms with Crippen molar-refractivity contribution in [2.75, 3.05) is 5.32 Å². The molecule has 1 fully saturated rings. The van der Waals surface area contributed by atoms with Crippen LogP contribution in [0.3, 0.4) is 0 Å². The van der Waals surface area contributed by atoms with E-state index < -0.39 is 0 Å². The number of ketones is 1. The van der Waals surface area contributed by atoms with E-state index in [9.17, 15) is 9.59 Å². The lowest BCUT2D eigenvalue weighted by molar-refractivity contribution is -0.116. The van der Waals surface area contributed by atoms with Crippen molar-refractivity contribution in [2.24, 2.45) is 5.92 Å². The highest BCUT2D eigenvalue weighted by molar-refractivity contribution is 5.94. The summed E-state index contributed by atoms with van der Waals surface area (Å²) in [5.74, 6) is 1.24. The molecule has 5 heteroatoms. The van der Waals surface area contributed by atoms with Crippen molar-refractivity contribution in [3.8, 4) is 0 Å². The molecule has 1 amide bonds. The van der Waals surface area contributed by atoms with Crippen LogP contribution in [0.5, 0.6) is 0 Å². The van der Waals surface area contributed by atoms with Gasteiger partial charge in [0.1, 0.15) is 0 Å². The van der Waals surface area contributed by atoms with Crippen LogP contribution < -0.4 is 5.32 Å². The van der Waals surface area contributed by atoms with Crippen LogP contribution in [0.15, 0.2) is 12.3 Å². The topological polar surface area (TPSA) is 72.0 Å². The second kappa shape index (κ2) is 8.18. The Bertz CT molecular complexity index is 631. The van der Waals surface area contributed by atoms with Gasteiger partial charge in [0.2, 0.25) is 5.91 Å². The zero-order valence-electron chi connectivity index (χ0n) is 14.1. The minimum absolute atomic E-state index is 0.0190. The van der Waals surface area contributed by atoms with Gasteiger partial charge in [-0.1, -0.05) is 44.9 Å². The molecule has 1 aliphatic heterocycles. The second-order valence-electron chi connectivity index (χ2n) is 6.85. The van der Waals surface area contributed by atoms with Crippen molar-refractivity contribution < 1.29 is 9.59 Å². The molecule has 0 aromatic carbocycles. The number of aromatic nitrogens is 2. The summed E-state index contributed by atoms with van der Waals surface area (Å²) in [6.45, 7) is 0. The van der Waals surface area contributed by atoms with Gasteiger partial charge in [-0.15, -0.1) is 0 Å². The van der Waals surface area contributed by atoms with E-state index in [0.29, 0.717) is 36.7 Å². The highest BCUT2D eigenvalue weighted by Gasteiger charge is 2.17. The first kappa shape index (κ1) is 16.8. The van der Waals surface area contributed by atoms with Crippen LogP contribution in [-0.4, -0.2) is 21.7 Å². The molecule has 1 aromatic heterocycles. The van der Waals surface area contributed by atoms with Crippen LogP contribution in [0, 0.1) is 5.92 Å². The summed E-state index contributed by atoms with van der Waals surface area (Å²) in [5.41, 5.74) is 1.47. The average Bonchev–Trinajstić information content (AvgIpc) is 2.55. The quantitative estimate of drug-likeness (QED) is 0.856. The number of fused-ring (bicyclic) bond motifs is 1. The van der Waals surface area contributed by atoms with E-state index >= 15 is 0 Å². The number of hydrogen-bond donors (Lipinski definition) is 1. The van der Waals surface area contributed by atoms with Crippen LogP contribution in [0.4, 0.5) is 5.82 Å². The molecule has 0 unspecified atom stereocenters. The van der Waals surface area contributed by atoms with Crippen molar-refractivity contribution in [1.82, 2.24) is 9.97 Å². The number of carbonyl (C=O) groups excluding carboxylic acids is 2. The Morgan fingerprint density at radius 2 is 1.92 bits per heavy atom. The zero-order chi connectivity index (χ0) is 16.8. The Balaban J connectivity index is 1.56. The second-order valence-corrected chi connectivity index (χ2v) is 6.85. The van der Waals surface area contributed by atoms with Gasteiger partial charge in [-0.25, -0.2) is 9.97 Å². The molecule has 0 bridgehead atoms. The van der Waals surface area contributed by atoms with Crippen LogP contribution in [0.2, 0.25) is 0 Å². The number of allylic oxidation sites excluding steroid dienone is 1. The molecule has 24 heavy (non-hydrogen) atoms. The third-order valence-electron chi connectivity index (χ3n) is 4.86. The molecular formula is C19H25N3O2.